The fourth-order valence-corrected chi connectivity index (χ4v) is 3.01. The van der Waals surface area contributed by atoms with E-state index >= 15 is 0 Å². The van der Waals surface area contributed by atoms with Gasteiger partial charge in [-0.1, -0.05) is 60.7 Å². The molecule has 1 aliphatic rings. The van der Waals surface area contributed by atoms with Crippen molar-refractivity contribution in [2.24, 2.45) is 0 Å². The maximum Gasteiger partial charge on any atom is 0.121 e. The molecule has 0 amide bonds. The molecule has 0 aromatic heterocycles. The van der Waals surface area contributed by atoms with E-state index in [1.807, 2.05) is 79.7 Å². The van der Waals surface area contributed by atoms with E-state index in [1.54, 1.807) is 7.11 Å². The highest BCUT2D eigenvalue weighted by Gasteiger charge is 2.43. The van der Waals surface area contributed by atoms with Crippen LogP contribution in [0.1, 0.15) is 24.0 Å². The molecule has 0 saturated heterocycles. The van der Waals surface area contributed by atoms with Gasteiger partial charge in [-0.2, -0.15) is 0 Å². The summed E-state index contributed by atoms with van der Waals surface area (Å²) in [5.41, 5.74) is 1.95. The zero-order valence-electron chi connectivity index (χ0n) is 12.9. The van der Waals surface area contributed by atoms with Crippen LogP contribution in [0.3, 0.4) is 0 Å². The topological polar surface area (TPSA) is 29.5 Å². The number of hydrogen-bond donors (Lipinski definition) is 1. The number of aliphatic hydroxyl groups is 1. The van der Waals surface area contributed by atoms with Crippen LogP contribution in [0.15, 0.2) is 78.1 Å². The highest BCUT2D eigenvalue weighted by molar-refractivity contribution is 5.64. The summed E-state index contributed by atoms with van der Waals surface area (Å²) >= 11 is 0. The van der Waals surface area contributed by atoms with Crippen molar-refractivity contribution in [2.75, 3.05) is 7.11 Å². The Hall–Kier alpha value is -2.32. The lowest BCUT2D eigenvalue weighted by atomic mass is 9.83. The van der Waals surface area contributed by atoms with Gasteiger partial charge in [-0.05, 0) is 30.2 Å². The van der Waals surface area contributed by atoms with Gasteiger partial charge in [0.05, 0.1) is 7.11 Å². The van der Waals surface area contributed by atoms with Crippen LogP contribution >= 0.6 is 0 Å². The van der Waals surface area contributed by atoms with E-state index in [-0.39, 0.29) is 5.92 Å². The molecule has 0 bridgehead atoms. The first-order valence-corrected chi connectivity index (χ1v) is 7.43. The van der Waals surface area contributed by atoms with E-state index in [2.05, 4.69) is 0 Å². The Labute approximate surface area is 131 Å². The lowest BCUT2D eigenvalue weighted by Gasteiger charge is -2.28. The fourth-order valence-electron chi connectivity index (χ4n) is 3.01. The molecule has 2 aromatic carbocycles. The van der Waals surface area contributed by atoms with Crippen LogP contribution in [0.2, 0.25) is 0 Å². The van der Waals surface area contributed by atoms with Crippen LogP contribution < -0.4 is 0 Å². The minimum atomic E-state index is -0.997. The van der Waals surface area contributed by atoms with E-state index in [0.717, 1.165) is 22.5 Å². The molecule has 2 nitrogen and oxygen atoms in total. The minimum absolute atomic E-state index is 0.112. The Balaban J connectivity index is 2.05. The Bertz CT molecular complexity index is 697. The summed E-state index contributed by atoms with van der Waals surface area (Å²) in [5, 5.41) is 11.1. The average Bonchev–Trinajstić information content (AvgIpc) is 2.80. The van der Waals surface area contributed by atoms with Crippen molar-refractivity contribution in [3.8, 4) is 0 Å². The Kier molecular flexibility index (Phi) is 3.86. The van der Waals surface area contributed by atoms with Gasteiger partial charge in [-0.3, -0.25) is 0 Å². The van der Waals surface area contributed by atoms with E-state index < -0.39 is 5.60 Å². The normalized spacial score (nSPS) is 26.0. The van der Waals surface area contributed by atoms with Crippen molar-refractivity contribution in [1.29, 1.82) is 0 Å². The van der Waals surface area contributed by atoms with Gasteiger partial charge in [-0.25, -0.2) is 0 Å². The van der Waals surface area contributed by atoms with Gasteiger partial charge >= 0.3 is 0 Å². The Morgan fingerprint density at radius 1 is 1.00 bits per heavy atom. The lowest BCUT2D eigenvalue weighted by molar-refractivity contribution is 0.0900. The second-order valence-corrected chi connectivity index (χ2v) is 5.74. The van der Waals surface area contributed by atoms with Crippen LogP contribution in [0.4, 0.5) is 0 Å². The first kappa shape index (κ1) is 14.6. The average molecular weight is 292 g/mol. The van der Waals surface area contributed by atoms with Gasteiger partial charge in [0.1, 0.15) is 11.4 Å². The van der Waals surface area contributed by atoms with Crippen LogP contribution in [0, 0.1) is 0 Å². The largest absolute Gasteiger partial charge is 0.497 e. The highest BCUT2D eigenvalue weighted by Crippen LogP contribution is 2.45. The molecule has 0 fully saturated rings. The quantitative estimate of drug-likeness (QED) is 0.921. The predicted octanol–water partition coefficient (Wildman–Crippen LogP) is 4.15. The van der Waals surface area contributed by atoms with Crippen LogP contribution in [0.5, 0.6) is 0 Å². The summed E-state index contributed by atoms with van der Waals surface area (Å²) in [6.45, 7) is 1.85. The van der Waals surface area contributed by atoms with Crippen molar-refractivity contribution in [1.82, 2.24) is 0 Å². The maximum atomic E-state index is 11.1. The summed E-state index contributed by atoms with van der Waals surface area (Å²) in [6.07, 6.45) is 4.00. The summed E-state index contributed by atoms with van der Waals surface area (Å²) in [5.74, 6) is 0.626. The zero-order chi connectivity index (χ0) is 15.6. The van der Waals surface area contributed by atoms with E-state index in [4.69, 9.17) is 4.74 Å². The second kappa shape index (κ2) is 5.82. The maximum absolute atomic E-state index is 11.1. The SMILES string of the molecule is COC1=CC(c2ccccc2)C(C)(O)/C1=C/c1ccccc1. The van der Waals surface area contributed by atoms with Crippen molar-refractivity contribution < 1.29 is 9.84 Å². The van der Waals surface area contributed by atoms with Gasteiger partial charge in [0.25, 0.3) is 0 Å². The van der Waals surface area contributed by atoms with E-state index in [9.17, 15) is 5.11 Å². The standard InChI is InChI=1S/C20H20O2/c1-20(21)17(16-11-7-4-8-12-16)14-19(22-2)18(20)13-15-9-5-3-6-10-15/h3-14,17,21H,1-2H3/b18-13+. The summed E-state index contributed by atoms with van der Waals surface area (Å²) in [6, 6.07) is 20.0. The molecule has 0 saturated carbocycles. The molecular formula is C20H20O2. The van der Waals surface area contributed by atoms with Crippen LogP contribution in [-0.4, -0.2) is 17.8 Å². The third-order valence-electron chi connectivity index (χ3n) is 4.22. The zero-order valence-corrected chi connectivity index (χ0v) is 12.9. The van der Waals surface area contributed by atoms with E-state index in [1.165, 1.54) is 0 Å². The summed E-state index contributed by atoms with van der Waals surface area (Å²) in [7, 11) is 1.65. The number of hydrogen-bond acceptors (Lipinski definition) is 2. The predicted molar refractivity (Wildman–Crippen MR) is 89.3 cm³/mol. The van der Waals surface area contributed by atoms with Crippen LogP contribution in [0.25, 0.3) is 6.08 Å². The highest BCUT2D eigenvalue weighted by atomic mass is 16.5. The van der Waals surface area contributed by atoms with Crippen LogP contribution in [-0.2, 0) is 4.74 Å². The molecule has 2 aromatic rings. The lowest BCUT2D eigenvalue weighted by Crippen LogP contribution is -2.30. The van der Waals surface area contributed by atoms with Gasteiger partial charge < -0.3 is 9.84 Å². The van der Waals surface area contributed by atoms with Crippen molar-refractivity contribution in [3.05, 3.63) is 89.2 Å². The molecule has 0 heterocycles. The fraction of sp³-hybridized carbons (Fsp3) is 0.200. The molecule has 2 unspecified atom stereocenters. The number of benzene rings is 2. The first-order valence-electron chi connectivity index (χ1n) is 7.43. The molecule has 0 radical (unpaired) electrons. The van der Waals surface area contributed by atoms with Gasteiger partial charge in [0.2, 0.25) is 0 Å². The first-order chi connectivity index (χ1) is 10.6. The Morgan fingerprint density at radius 3 is 2.18 bits per heavy atom. The number of ether oxygens (including phenoxy) is 1. The van der Waals surface area contributed by atoms with Crippen molar-refractivity contribution in [2.45, 2.75) is 18.4 Å². The van der Waals surface area contributed by atoms with Crippen molar-refractivity contribution >= 4 is 6.08 Å². The molecule has 1 aliphatic carbocycles. The molecular weight excluding hydrogens is 272 g/mol. The second-order valence-electron chi connectivity index (χ2n) is 5.74. The third kappa shape index (κ3) is 2.58. The molecule has 3 rings (SSSR count). The van der Waals surface area contributed by atoms with Gasteiger partial charge in [0.15, 0.2) is 0 Å². The van der Waals surface area contributed by atoms with Crippen molar-refractivity contribution in [3.63, 3.8) is 0 Å². The molecule has 112 valence electrons. The smallest absolute Gasteiger partial charge is 0.121 e. The minimum Gasteiger partial charge on any atom is -0.497 e. The molecule has 1 N–H and O–H groups in total. The molecule has 2 heteroatoms. The number of rotatable bonds is 3. The Morgan fingerprint density at radius 2 is 1.59 bits per heavy atom. The summed E-state index contributed by atoms with van der Waals surface area (Å²) in [4.78, 5) is 0. The number of methoxy groups -OCH3 is 1. The third-order valence-corrected chi connectivity index (χ3v) is 4.22. The molecule has 0 spiro atoms. The van der Waals surface area contributed by atoms with Gasteiger partial charge in [0, 0.05) is 11.5 Å². The van der Waals surface area contributed by atoms with E-state index in [0.29, 0.717) is 0 Å². The van der Waals surface area contributed by atoms with Gasteiger partial charge in [-0.15, -0.1) is 0 Å². The molecule has 22 heavy (non-hydrogen) atoms. The summed E-state index contributed by atoms with van der Waals surface area (Å²) < 4.78 is 5.52. The molecule has 0 aliphatic heterocycles. The molecule has 2 atom stereocenters. The monoisotopic (exact) mass is 292 g/mol.